The highest BCUT2D eigenvalue weighted by Crippen LogP contribution is 2.34. The molecule has 1 aliphatic rings. The van der Waals surface area contributed by atoms with E-state index in [4.69, 9.17) is 10.5 Å². The number of anilines is 1. The van der Waals surface area contributed by atoms with Gasteiger partial charge in [0.05, 0.1) is 17.6 Å². The number of hydrogen-bond acceptors (Lipinski definition) is 4. The molecule has 1 aromatic rings. The van der Waals surface area contributed by atoms with Crippen LogP contribution in [0.5, 0.6) is 0 Å². The van der Waals surface area contributed by atoms with Crippen LogP contribution in [0.4, 0.5) is 10.5 Å². The lowest BCUT2D eigenvalue weighted by atomic mass is 9.84. The van der Waals surface area contributed by atoms with Gasteiger partial charge in [0.2, 0.25) is 0 Å². The maximum Gasteiger partial charge on any atom is 0.407 e. The van der Waals surface area contributed by atoms with E-state index in [-0.39, 0.29) is 12.1 Å². The molecule has 0 aliphatic heterocycles. The minimum atomic E-state index is -0.453. The van der Waals surface area contributed by atoms with E-state index in [1.807, 2.05) is 20.8 Å². The number of rotatable bonds is 2. The van der Waals surface area contributed by atoms with Gasteiger partial charge in [-0.25, -0.2) is 4.79 Å². The molecule has 1 heterocycles. The lowest BCUT2D eigenvalue weighted by Gasteiger charge is -2.29. The van der Waals surface area contributed by atoms with Gasteiger partial charge in [0, 0.05) is 12.0 Å². The Kier molecular flexibility index (Phi) is 4.20. The number of aromatic nitrogens is 2. The molecule has 6 nitrogen and oxygen atoms in total. The van der Waals surface area contributed by atoms with Crippen LogP contribution in [0.15, 0.2) is 6.20 Å². The molecule has 0 atom stereocenters. The summed E-state index contributed by atoms with van der Waals surface area (Å²) in [6.45, 7) is 5.60. The number of alkyl carbamates (subject to hydrolysis) is 1. The summed E-state index contributed by atoms with van der Waals surface area (Å²) in [5.74, 6) is 0.411. The molecule has 20 heavy (non-hydrogen) atoms. The molecule has 2 rings (SSSR count). The third kappa shape index (κ3) is 3.88. The van der Waals surface area contributed by atoms with E-state index < -0.39 is 5.60 Å². The predicted molar refractivity (Wildman–Crippen MR) is 77.4 cm³/mol. The van der Waals surface area contributed by atoms with Crippen molar-refractivity contribution in [3.05, 3.63) is 11.9 Å². The van der Waals surface area contributed by atoms with Gasteiger partial charge < -0.3 is 15.8 Å². The van der Waals surface area contributed by atoms with E-state index >= 15 is 0 Å². The van der Waals surface area contributed by atoms with Crippen molar-refractivity contribution in [2.24, 2.45) is 0 Å². The van der Waals surface area contributed by atoms with Crippen molar-refractivity contribution in [2.45, 2.75) is 64.0 Å². The summed E-state index contributed by atoms with van der Waals surface area (Å²) in [6.07, 6.45) is 5.17. The van der Waals surface area contributed by atoms with E-state index in [0.29, 0.717) is 5.92 Å². The standard InChI is InChI=1S/C14H24N4O2/c1-14(2,3)20-13(19)17-10-6-4-9(5-7-10)12-11(15)8-16-18-12/h8-10H,4-7,15H2,1-3H3,(H,16,18)(H,17,19). The molecule has 112 valence electrons. The number of nitrogens with one attached hydrogen (secondary N) is 2. The molecule has 1 aliphatic carbocycles. The molecule has 1 amide bonds. The third-order valence-corrected chi connectivity index (χ3v) is 3.56. The van der Waals surface area contributed by atoms with Crippen LogP contribution in [0.1, 0.15) is 58.1 Å². The highest BCUT2D eigenvalue weighted by molar-refractivity contribution is 5.68. The monoisotopic (exact) mass is 280 g/mol. The fourth-order valence-corrected chi connectivity index (χ4v) is 2.63. The zero-order chi connectivity index (χ0) is 14.8. The van der Waals surface area contributed by atoms with Crippen LogP contribution in [0.3, 0.4) is 0 Å². The van der Waals surface area contributed by atoms with Crippen LogP contribution in [0, 0.1) is 0 Å². The van der Waals surface area contributed by atoms with Crippen molar-refractivity contribution in [3.63, 3.8) is 0 Å². The number of carbonyl (C=O) groups is 1. The zero-order valence-corrected chi connectivity index (χ0v) is 12.4. The Labute approximate surface area is 119 Å². The number of amides is 1. The quantitative estimate of drug-likeness (QED) is 0.776. The van der Waals surface area contributed by atoms with Gasteiger partial charge >= 0.3 is 6.09 Å². The molecule has 1 saturated carbocycles. The number of ether oxygens (including phenoxy) is 1. The van der Waals surface area contributed by atoms with Crippen molar-refractivity contribution < 1.29 is 9.53 Å². The van der Waals surface area contributed by atoms with Gasteiger partial charge in [0.1, 0.15) is 5.60 Å². The third-order valence-electron chi connectivity index (χ3n) is 3.56. The average molecular weight is 280 g/mol. The Morgan fingerprint density at radius 1 is 1.40 bits per heavy atom. The molecule has 0 unspecified atom stereocenters. The second-order valence-corrected chi connectivity index (χ2v) is 6.43. The van der Waals surface area contributed by atoms with Crippen molar-refractivity contribution in [3.8, 4) is 0 Å². The summed E-state index contributed by atoms with van der Waals surface area (Å²) in [5, 5.41) is 9.88. The first-order valence-corrected chi connectivity index (χ1v) is 7.13. The molecule has 4 N–H and O–H groups in total. The van der Waals surface area contributed by atoms with Crippen LogP contribution in [0.25, 0.3) is 0 Å². The summed E-state index contributed by atoms with van der Waals surface area (Å²) in [7, 11) is 0. The molecular formula is C14H24N4O2. The Morgan fingerprint density at radius 2 is 2.05 bits per heavy atom. The van der Waals surface area contributed by atoms with Crippen molar-refractivity contribution >= 4 is 11.8 Å². The highest BCUT2D eigenvalue weighted by Gasteiger charge is 2.27. The lowest BCUT2D eigenvalue weighted by Crippen LogP contribution is -2.40. The topological polar surface area (TPSA) is 93.0 Å². The Hall–Kier alpha value is -1.72. The van der Waals surface area contributed by atoms with Crippen LogP contribution < -0.4 is 11.1 Å². The maximum absolute atomic E-state index is 11.7. The van der Waals surface area contributed by atoms with Crippen molar-refractivity contribution in [1.29, 1.82) is 0 Å². The molecule has 1 aromatic heterocycles. The number of nitrogens with zero attached hydrogens (tertiary/aromatic N) is 1. The highest BCUT2D eigenvalue weighted by atomic mass is 16.6. The number of nitrogens with two attached hydrogens (primary N) is 1. The molecule has 6 heteroatoms. The van der Waals surface area contributed by atoms with Crippen molar-refractivity contribution in [2.75, 3.05) is 5.73 Å². The van der Waals surface area contributed by atoms with Gasteiger partial charge in [0.25, 0.3) is 0 Å². The molecule has 0 aromatic carbocycles. The van der Waals surface area contributed by atoms with E-state index in [0.717, 1.165) is 37.1 Å². The number of carbonyl (C=O) groups excluding carboxylic acids is 1. The Balaban J connectivity index is 1.80. The Morgan fingerprint density at radius 3 is 2.55 bits per heavy atom. The largest absolute Gasteiger partial charge is 0.444 e. The average Bonchev–Trinajstić information content (AvgIpc) is 2.74. The van der Waals surface area contributed by atoms with E-state index in [2.05, 4.69) is 15.5 Å². The molecule has 1 fully saturated rings. The van der Waals surface area contributed by atoms with Crippen LogP contribution in [-0.4, -0.2) is 27.9 Å². The molecule has 0 radical (unpaired) electrons. The van der Waals surface area contributed by atoms with Gasteiger partial charge in [-0.05, 0) is 46.5 Å². The van der Waals surface area contributed by atoms with Gasteiger partial charge in [-0.1, -0.05) is 0 Å². The minimum absolute atomic E-state index is 0.185. The summed E-state index contributed by atoms with van der Waals surface area (Å²) in [6, 6.07) is 0.185. The normalized spacial score (nSPS) is 23.4. The first kappa shape index (κ1) is 14.7. The lowest BCUT2D eigenvalue weighted by molar-refractivity contribution is 0.0491. The first-order valence-electron chi connectivity index (χ1n) is 7.13. The van der Waals surface area contributed by atoms with Gasteiger partial charge in [0.15, 0.2) is 0 Å². The molecule has 0 bridgehead atoms. The molecule has 0 spiro atoms. The fourth-order valence-electron chi connectivity index (χ4n) is 2.63. The van der Waals surface area contributed by atoms with Crippen molar-refractivity contribution in [1.82, 2.24) is 15.5 Å². The summed E-state index contributed by atoms with van der Waals surface area (Å²) in [5.41, 5.74) is 7.18. The maximum atomic E-state index is 11.7. The van der Waals surface area contributed by atoms with E-state index in [1.54, 1.807) is 6.20 Å². The van der Waals surface area contributed by atoms with Gasteiger partial charge in [-0.15, -0.1) is 0 Å². The number of H-pyrrole nitrogens is 1. The predicted octanol–water partition coefficient (Wildman–Crippen LogP) is 2.54. The van der Waals surface area contributed by atoms with Gasteiger partial charge in [-0.2, -0.15) is 5.10 Å². The van der Waals surface area contributed by atoms with Crippen LogP contribution in [0.2, 0.25) is 0 Å². The number of aromatic amines is 1. The van der Waals surface area contributed by atoms with Crippen LogP contribution >= 0.6 is 0 Å². The summed E-state index contributed by atoms with van der Waals surface area (Å²) >= 11 is 0. The van der Waals surface area contributed by atoms with Crippen LogP contribution in [-0.2, 0) is 4.74 Å². The summed E-state index contributed by atoms with van der Waals surface area (Å²) < 4.78 is 5.27. The fraction of sp³-hybridized carbons (Fsp3) is 0.714. The zero-order valence-electron chi connectivity index (χ0n) is 12.4. The summed E-state index contributed by atoms with van der Waals surface area (Å²) in [4.78, 5) is 11.7. The minimum Gasteiger partial charge on any atom is -0.444 e. The second-order valence-electron chi connectivity index (χ2n) is 6.43. The number of nitrogen functional groups attached to an aromatic ring is 1. The number of hydrogen-bond donors (Lipinski definition) is 3. The van der Waals surface area contributed by atoms with E-state index in [9.17, 15) is 4.79 Å². The Bertz CT molecular complexity index is 456. The van der Waals surface area contributed by atoms with Gasteiger partial charge in [-0.3, -0.25) is 5.10 Å². The molecular weight excluding hydrogens is 256 g/mol. The SMILES string of the molecule is CC(C)(C)OC(=O)NC1CCC(c2[nH]ncc2N)CC1. The second kappa shape index (κ2) is 5.73. The smallest absolute Gasteiger partial charge is 0.407 e. The van der Waals surface area contributed by atoms with E-state index in [1.165, 1.54) is 0 Å². The first-order chi connectivity index (χ1) is 9.35. The molecule has 0 saturated heterocycles.